The van der Waals surface area contributed by atoms with Gasteiger partial charge in [0.25, 0.3) is 0 Å². The first-order valence-corrected chi connectivity index (χ1v) is 11.0. The van der Waals surface area contributed by atoms with Gasteiger partial charge in [0.2, 0.25) is 5.91 Å². The van der Waals surface area contributed by atoms with Crippen molar-refractivity contribution >= 4 is 17.2 Å². The minimum absolute atomic E-state index is 0.0193. The number of benzene rings is 1. The second-order valence-electron chi connectivity index (χ2n) is 8.18. The number of amides is 1. The molecule has 3 heterocycles. The molecule has 1 amide bonds. The zero-order chi connectivity index (χ0) is 18.9. The van der Waals surface area contributed by atoms with E-state index in [2.05, 4.69) is 46.4 Å². The van der Waals surface area contributed by atoms with Crippen molar-refractivity contribution < 1.29 is 4.79 Å². The van der Waals surface area contributed by atoms with Gasteiger partial charge in [-0.3, -0.25) is 4.79 Å². The van der Waals surface area contributed by atoms with Gasteiger partial charge in [-0.25, -0.2) is 4.98 Å². The Hall–Kier alpha value is -1.72. The van der Waals surface area contributed by atoms with Crippen LogP contribution in [0.2, 0.25) is 0 Å². The van der Waals surface area contributed by atoms with Crippen molar-refractivity contribution in [3.63, 3.8) is 0 Å². The Labute approximate surface area is 166 Å². The van der Waals surface area contributed by atoms with Crippen LogP contribution in [0.1, 0.15) is 61.3 Å². The van der Waals surface area contributed by atoms with Gasteiger partial charge < -0.3 is 10.2 Å². The maximum Gasteiger partial charge on any atom is 0.229 e. The first kappa shape index (κ1) is 18.6. The van der Waals surface area contributed by atoms with Crippen molar-refractivity contribution in [2.75, 3.05) is 6.54 Å². The molecule has 0 radical (unpaired) electrons. The van der Waals surface area contributed by atoms with Gasteiger partial charge in [0, 0.05) is 10.9 Å². The number of carbonyl (C=O) groups is 1. The van der Waals surface area contributed by atoms with Gasteiger partial charge in [-0.15, -0.1) is 11.3 Å². The lowest BCUT2D eigenvalue weighted by Gasteiger charge is -2.38. The van der Waals surface area contributed by atoms with Crippen molar-refractivity contribution in [1.29, 1.82) is 0 Å². The summed E-state index contributed by atoms with van der Waals surface area (Å²) in [6.45, 7) is 5.36. The predicted molar refractivity (Wildman–Crippen MR) is 110 cm³/mol. The summed E-state index contributed by atoms with van der Waals surface area (Å²) in [6.07, 6.45) is 6.12. The van der Waals surface area contributed by atoms with Crippen molar-refractivity contribution in [2.24, 2.45) is 0 Å². The molecule has 2 fully saturated rings. The summed E-state index contributed by atoms with van der Waals surface area (Å²) in [6, 6.07) is 10.9. The smallest absolute Gasteiger partial charge is 0.229 e. The minimum Gasteiger partial charge on any atom is -0.330 e. The molecule has 2 saturated heterocycles. The van der Waals surface area contributed by atoms with Crippen LogP contribution in [0.5, 0.6) is 0 Å². The molecule has 1 aromatic carbocycles. The second kappa shape index (κ2) is 7.72. The highest BCUT2D eigenvalue weighted by Gasteiger charge is 2.51. The van der Waals surface area contributed by atoms with Crippen molar-refractivity contribution in [3.05, 3.63) is 52.0 Å². The summed E-state index contributed by atoms with van der Waals surface area (Å²) in [5, 5.41) is 6.85. The lowest BCUT2D eigenvalue weighted by Crippen LogP contribution is -2.54. The van der Waals surface area contributed by atoms with Gasteiger partial charge in [0.1, 0.15) is 0 Å². The molecular formula is C22H29N3OS. The average molecular weight is 384 g/mol. The quantitative estimate of drug-likeness (QED) is 0.861. The Morgan fingerprint density at radius 3 is 2.85 bits per heavy atom. The number of nitrogens with zero attached hydrogens (tertiary/aromatic N) is 2. The van der Waals surface area contributed by atoms with E-state index in [1.54, 1.807) is 11.3 Å². The SMILES string of the molecule is Cc1nc(CC(=O)N2[C@H]3CCCCCN[C@@]3(C)C[C@H]2c2ccccc2)cs1. The maximum absolute atomic E-state index is 13.5. The Bertz CT molecular complexity index is 790. The molecule has 0 saturated carbocycles. The number of fused-ring (bicyclic) bond motifs is 1. The van der Waals surface area contributed by atoms with E-state index in [1.165, 1.54) is 24.8 Å². The van der Waals surface area contributed by atoms with Crippen molar-refractivity contribution in [2.45, 2.75) is 70.0 Å². The van der Waals surface area contributed by atoms with Crippen LogP contribution in [-0.2, 0) is 11.2 Å². The number of hydrogen-bond donors (Lipinski definition) is 1. The average Bonchev–Trinajstić information content (AvgIpc) is 3.17. The predicted octanol–water partition coefficient (Wildman–Crippen LogP) is 4.26. The summed E-state index contributed by atoms with van der Waals surface area (Å²) in [4.78, 5) is 20.2. The summed E-state index contributed by atoms with van der Waals surface area (Å²) in [5.41, 5.74) is 2.13. The third-order valence-corrected chi connectivity index (χ3v) is 7.00. The number of carbonyl (C=O) groups excluding carboxylic acids is 1. The van der Waals surface area contributed by atoms with Gasteiger partial charge in [-0.05, 0) is 45.2 Å². The molecule has 0 spiro atoms. The number of hydrogen-bond acceptors (Lipinski definition) is 4. The lowest BCUT2D eigenvalue weighted by molar-refractivity contribution is -0.134. The Kier molecular flexibility index (Phi) is 5.33. The fourth-order valence-corrected chi connectivity index (χ4v) is 5.47. The molecule has 4 rings (SSSR count). The molecule has 0 aliphatic carbocycles. The zero-order valence-corrected chi connectivity index (χ0v) is 17.1. The number of aryl methyl sites for hydroxylation is 1. The molecule has 2 aliphatic rings. The van der Waals surface area contributed by atoms with Crippen LogP contribution < -0.4 is 5.32 Å². The van der Waals surface area contributed by atoms with E-state index in [0.717, 1.165) is 30.1 Å². The fraction of sp³-hybridized carbons (Fsp3) is 0.545. The number of nitrogens with one attached hydrogen (secondary N) is 1. The highest BCUT2D eigenvalue weighted by Crippen LogP contribution is 2.45. The molecule has 144 valence electrons. The van der Waals surface area contributed by atoms with E-state index in [0.29, 0.717) is 6.42 Å². The van der Waals surface area contributed by atoms with E-state index < -0.39 is 0 Å². The van der Waals surface area contributed by atoms with E-state index in [9.17, 15) is 4.79 Å². The van der Waals surface area contributed by atoms with E-state index in [-0.39, 0.29) is 23.5 Å². The number of rotatable bonds is 3. The molecule has 4 nitrogen and oxygen atoms in total. The van der Waals surface area contributed by atoms with Gasteiger partial charge in [-0.1, -0.05) is 43.2 Å². The molecule has 1 N–H and O–H groups in total. The largest absolute Gasteiger partial charge is 0.330 e. The Morgan fingerprint density at radius 1 is 1.30 bits per heavy atom. The summed E-state index contributed by atoms with van der Waals surface area (Å²) in [5.74, 6) is 0.213. The summed E-state index contributed by atoms with van der Waals surface area (Å²) >= 11 is 1.62. The number of aromatic nitrogens is 1. The molecule has 3 atom stereocenters. The molecule has 0 bridgehead atoms. The molecule has 27 heavy (non-hydrogen) atoms. The van der Waals surface area contributed by atoms with Gasteiger partial charge in [0.15, 0.2) is 0 Å². The van der Waals surface area contributed by atoms with Gasteiger partial charge in [0.05, 0.1) is 29.2 Å². The highest BCUT2D eigenvalue weighted by molar-refractivity contribution is 7.09. The fourth-order valence-electron chi connectivity index (χ4n) is 4.86. The van der Waals surface area contributed by atoms with Crippen LogP contribution in [-0.4, -0.2) is 33.9 Å². The van der Waals surface area contributed by atoms with E-state index >= 15 is 0 Å². The van der Waals surface area contributed by atoms with Crippen LogP contribution in [0.25, 0.3) is 0 Å². The maximum atomic E-state index is 13.5. The number of likely N-dealkylation sites (tertiary alicyclic amines) is 1. The molecule has 2 aliphatic heterocycles. The molecule has 0 unspecified atom stereocenters. The van der Waals surface area contributed by atoms with Gasteiger partial charge >= 0.3 is 0 Å². The number of thiazole rings is 1. The normalized spacial score (nSPS) is 28.4. The van der Waals surface area contributed by atoms with Crippen LogP contribution in [0.3, 0.4) is 0 Å². The summed E-state index contributed by atoms with van der Waals surface area (Å²) < 4.78 is 0. The Morgan fingerprint density at radius 2 is 2.11 bits per heavy atom. The van der Waals surface area contributed by atoms with E-state index in [4.69, 9.17) is 0 Å². The Balaban J connectivity index is 1.67. The van der Waals surface area contributed by atoms with Gasteiger partial charge in [-0.2, -0.15) is 0 Å². The van der Waals surface area contributed by atoms with Crippen molar-refractivity contribution in [3.8, 4) is 0 Å². The second-order valence-corrected chi connectivity index (χ2v) is 9.24. The summed E-state index contributed by atoms with van der Waals surface area (Å²) in [7, 11) is 0. The molecule has 1 aromatic heterocycles. The molecule has 2 aromatic rings. The van der Waals surface area contributed by atoms with Crippen molar-refractivity contribution in [1.82, 2.24) is 15.2 Å². The van der Waals surface area contributed by atoms with E-state index in [1.807, 2.05) is 18.4 Å². The lowest BCUT2D eigenvalue weighted by atomic mass is 9.85. The molecule has 5 heteroatoms. The first-order chi connectivity index (χ1) is 13.1. The third-order valence-electron chi connectivity index (χ3n) is 6.18. The first-order valence-electron chi connectivity index (χ1n) is 10.1. The van der Waals surface area contributed by atoms with Crippen LogP contribution in [0.15, 0.2) is 35.7 Å². The zero-order valence-electron chi connectivity index (χ0n) is 16.3. The van der Waals surface area contributed by atoms with Crippen LogP contribution in [0, 0.1) is 6.92 Å². The molecular weight excluding hydrogens is 354 g/mol. The highest BCUT2D eigenvalue weighted by atomic mass is 32.1. The monoisotopic (exact) mass is 383 g/mol. The topological polar surface area (TPSA) is 45.2 Å². The standard InChI is InChI=1S/C22H29N3OS/c1-16-24-18(15-27-16)13-21(26)25-19(17-9-5-3-6-10-17)14-22(2)20(25)11-7-4-8-12-23-22/h3,5-6,9-10,15,19-20,23H,4,7-8,11-14H2,1-2H3/t19-,20-,22-/m0/s1. The van der Waals surface area contributed by atoms with Crippen LogP contribution in [0.4, 0.5) is 0 Å². The van der Waals surface area contributed by atoms with Crippen LogP contribution >= 0.6 is 11.3 Å². The third kappa shape index (κ3) is 3.81. The minimum atomic E-state index is -0.0193.